The standard InChI is InChI=1S/C17H15Cl2N3O/c1-11(14-4-2-3-5-15(14)19)20-10-16-21-17(22-23-16)12-6-8-13(18)9-7-12/h2-9,11,20H,10H2,1H3/t11-/m0/s1. The molecule has 0 radical (unpaired) electrons. The second-order valence-corrected chi connectivity index (χ2v) is 5.99. The number of hydrogen-bond acceptors (Lipinski definition) is 4. The predicted octanol–water partition coefficient (Wildman–Crippen LogP) is 4.89. The Morgan fingerprint density at radius 2 is 1.83 bits per heavy atom. The number of rotatable bonds is 5. The highest BCUT2D eigenvalue weighted by atomic mass is 35.5. The number of halogens is 2. The summed E-state index contributed by atoms with van der Waals surface area (Å²) in [6.45, 7) is 2.50. The Balaban J connectivity index is 1.65. The Bertz CT molecular complexity index is 787. The molecule has 1 N–H and O–H groups in total. The first-order valence-corrected chi connectivity index (χ1v) is 7.95. The summed E-state index contributed by atoms with van der Waals surface area (Å²) in [4.78, 5) is 4.38. The number of benzene rings is 2. The van der Waals surface area contributed by atoms with Gasteiger partial charge in [0, 0.05) is 21.7 Å². The normalized spacial score (nSPS) is 12.3. The van der Waals surface area contributed by atoms with E-state index in [0.29, 0.717) is 23.3 Å². The van der Waals surface area contributed by atoms with Gasteiger partial charge in [0.2, 0.25) is 11.7 Å². The monoisotopic (exact) mass is 347 g/mol. The molecule has 3 aromatic rings. The summed E-state index contributed by atoms with van der Waals surface area (Å²) < 4.78 is 5.28. The summed E-state index contributed by atoms with van der Waals surface area (Å²) in [5, 5.41) is 8.73. The zero-order chi connectivity index (χ0) is 16.2. The lowest BCUT2D eigenvalue weighted by atomic mass is 10.1. The molecule has 2 aromatic carbocycles. The quantitative estimate of drug-likeness (QED) is 0.713. The Labute approximate surface area is 144 Å². The van der Waals surface area contributed by atoms with Gasteiger partial charge in [0.05, 0.1) is 6.54 Å². The van der Waals surface area contributed by atoms with Gasteiger partial charge < -0.3 is 9.84 Å². The topological polar surface area (TPSA) is 51.0 Å². The van der Waals surface area contributed by atoms with Crippen molar-refractivity contribution in [1.29, 1.82) is 0 Å². The van der Waals surface area contributed by atoms with E-state index in [9.17, 15) is 0 Å². The molecular weight excluding hydrogens is 333 g/mol. The van der Waals surface area contributed by atoms with E-state index in [-0.39, 0.29) is 6.04 Å². The SMILES string of the molecule is C[C@H](NCc1nc(-c2ccc(Cl)cc2)no1)c1ccccc1Cl. The van der Waals surface area contributed by atoms with Crippen molar-refractivity contribution in [3.05, 3.63) is 70.0 Å². The molecule has 1 heterocycles. The van der Waals surface area contributed by atoms with E-state index in [1.165, 1.54) is 0 Å². The van der Waals surface area contributed by atoms with Gasteiger partial charge in [-0.1, -0.05) is 46.6 Å². The minimum Gasteiger partial charge on any atom is -0.338 e. The summed E-state index contributed by atoms with van der Waals surface area (Å²) in [6.07, 6.45) is 0. The Kier molecular flexibility index (Phi) is 4.96. The first-order valence-electron chi connectivity index (χ1n) is 7.20. The molecule has 0 unspecified atom stereocenters. The van der Waals surface area contributed by atoms with Crippen LogP contribution < -0.4 is 5.32 Å². The van der Waals surface area contributed by atoms with E-state index >= 15 is 0 Å². The average molecular weight is 348 g/mol. The van der Waals surface area contributed by atoms with E-state index < -0.39 is 0 Å². The molecule has 0 aliphatic carbocycles. The first kappa shape index (κ1) is 16.0. The highest BCUT2D eigenvalue weighted by Gasteiger charge is 2.12. The lowest BCUT2D eigenvalue weighted by Crippen LogP contribution is -2.18. The molecule has 1 aromatic heterocycles. The largest absolute Gasteiger partial charge is 0.338 e. The van der Waals surface area contributed by atoms with Crippen LogP contribution in [-0.2, 0) is 6.54 Å². The maximum atomic E-state index is 6.20. The van der Waals surface area contributed by atoms with Crippen LogP contribution in [0.15, 0.2) is 53.1 Å². The van der Waals surface area contributed by atoms with Crippen LogP contribution in [0.4, 0.5) is 0 Å². The maximum Gasteiger partial charge on any atom is 0.240 e. The van der Waals surface area contributed by atoms with Crippen LogP contribution in [0.2, 0.25) is 10.0 Å². The highest BCUT2D eigenvalue weighted by Crippen LogP contribution is 2.23. The van der Waals surface area contributed by atoms with Crippen molar-refractivity contribution in [2.45, 2.75) is 19.5 Å². The van der Waals surface area contributed by atoms with Gasteiger partial charge in [-0.2, -0.15) is 4.98 Å². The van der Waals surface area contributed by atoms with Crippen molar-refractivity contribution in [3.63, 3.8) is 0 Å². The molecule has 0 saturated carbocycles. The fourth-order valence-electron chi connectivity index (χ4n) is 2.22. The molecule has 0 spiro atoms. The molecule has 23 heavy (non-hydrogen) atoms. The average Bonchev–Trinajstić information content (AvgIpc) is 3.03. The molecule has 0 bridgehead atoms. The predicted molar refractivity (Wildman–Crippen MR) is 91.5 cm³/mol. The van der Waals surface area contributed by atoms with Gasteiger partial charge in [-0.15, -0.1) is 0 Å². The van der Waals surface area contributed by atoms with Gasteiger partial charge in [0.1, 0.15) is 0 Å². The van der Waals surface area contributed by atoms with Crippen LogP contribution in [-0.4, -0.2) is 10.1 Å². The Morgan fingerprint density at radius 3 is 2.57 bits per heavy atom. The van der Waals surface area contributed by atoms with Crippen molar-refractivity contribution in [3.8, 4) is 11.4 Å². The van der Waals surface area contributed by atoms with Gasteiger partial charge in [-0.05, 0) is 42.8 Å². The van der Waals surface area contributed by atoms with Crippen molar-refractivity contribution >= 4 is 23.2 Å². The van der Waals surface area contributed by atoms with Crippen molar-refractivity contribution in [1.82, 2.24) is 15.5 Å². The van der Waals surface area contributed by atoms with Crippen LogP contribution in [0.3, 0.4) is 0 Å². The molecule has 0 saturated heterocycles. The van der Waals surface area contributed by atoms with Crippen molar-refractivity contribution in [2.24, 2.45) is 0 Å². The zero-order valence-electron chi connectivity index (χ0n) is 12.5. The van der Waals surface area contributed by atoms with Crippen molar-refractivity contribution < 1.29 is 4.52 Å². The number of nitrogens with one attached hydrogen (secondary N) is 1. The van der Waals surface area contributed by atoms with Gasteiger partial charge in [-0.3, -0.25) is 0 Å². The fraction of sp³-hybridized carbons (Fsp3) is 0.176. The summed E-state index contributed by atoms with van der Waals surface area (Å²) in [6, 6.07) is 15.1. The lowest BCUT2D eigenvalue weighted by Gasteiger charge is -2.13. The first-order chi connectivity index (χ1) is 11.1. The lowest BCUT2D eigenvalue weighted by molar-refractivity contribution is 0.360. The van der Waals surface area contributed by atoms with Crippen LogP contribution >= 0.6 is 23.2 Å². The summed E-state index contributed by atoms with van der Waals surface area (Å²) >= 11 is 12.1. The number of nitrogens with zero attached hydrogens (tertiary/aromatic N) is 2. The molecule has 1 atom stereocenters. The summed E-state index contributed by atoms with van der Waals surface area (Å²) in [5.74, 6) is 1.07. The third-order valence-electron chi connectivity index (χ3n) is 3.50. The highest BCUT2D eigenvalue weighted by molar-refractivity contribution is 6.31. The van der Waals surface area contributed by atoms with E-state index in [1.807, 2.05) is 43.3 Å². The van der Waals surface area contributed by atoms with Crippen molar-refractivity contribution in [2.75, 3.05) is 0 Å². The Morgan fingerprint density at radius 1 is 1.09 bits per heavy atom. The molecule has 4 nitrogen and oxygen atoms in total. The second kappa shape index (κ2) is 7.13. The third-order valence-corrected chi connectivity index (χ3v) is 4.10. The molecule has 0 aliphatic heterocycles. The van der Waals surface area contributed by atoms with Crippen LogP contribution in [0.1, 0.15) is 24.4 Å². The van der Waals surface area contributed by atoms with Crippen LogP contribution in [0.5, 0.6) is 0 Å². The van der Waals surface area contributed by atoms with E-state index in [2.05, 4.69) is 15.5 Å². The molecule has 6 heteroatoms. The van der Waals surface area contributed by atoms with Crippen LogP contribution in [0.25, 0.3) is 11.4 Å². The number of hydrogen-bond donors (Lipinski definition) is 1. The fourth-order valence-corrected chi connectivity index (χ4v) is 2.64. The molecular formula is C17H15Cl2N3O. The zero-order valence-corrected chi connectivity index (χ0v) is 14.0. The van der Waals surface area contributed by atoms with Gasteiger partial charge in [0.25, 0.3) is 0 Å². The molecule has 0 fully saturated rings. The summed E-state index contributed by atoms with van der Waals surface area (Å²) in [7, 11) is 0. The molecule has 0 amide bonds. The van der Waals surface area contributed by atoms with Gasteiger partial charge in [0.15, 0.2) is 0 Å². The van der Waals surface area contributed by atoms with Crippen LogP contribution in [0, 0.1) is 0 Å². The number of aromatic nitrogens is 2. The van der Waals surface area contributed by atoms with Gasteiger partial charge >= 0.3 is 0 Å². The minimum atomic E-state index is 0.0783. The summed E-state index contributed by atoms with van der Waals surface area (Å²) in [5.41, 5.74) is 1.90. The van der Waals surface area contributed by atoms with Gasteiger partial charge in [-0.25, -0.2) is 0 Å². The third kappa shape index (κ3) is 3.91. The van der Waals surface area contributed by atoms with E-state index in [4.69, 9.17) is 27.7 Å². The van der Waals surface area contributed by atoms with E-state index in [1.54, 1.807) is 12.1 Å². The molecule has 118 valence electrons. The smallest absolute Gasteiger partial charge is 0.240 e. The second-order valence-electron chi connectivity index (χ2n) is 5.14. The minimum absolute atomic E-state index is 0.0783. The van der Waals surface area contributed by atoms with E-state index in [0.717, 1.165) is 16.1 Å². The Hall–Kier alpha value is -1.88. The molecule has 3 rings (SSSR count). The molecule has 0 aliphatic rings. The maximum absolute atomic E-state index is 6.20.